The summed E-state index contributed by atoms with van der Waals surface area (Å²) in [6, 6.07) is 7.94. The standard InChI is InChI=1S/C20H23Cl2FN2O2/c1-3-12(8-11(2)9-18(25)26)14-5-6-15(21)20(19(14)23)27-13-4-7-17(24)16(22)10-13/h4-7,10-12H,3,8-9,24H2,1-2H3,(H2,25,26)/t11-,12-/m0/s1. The molecule has 4 N–H and O–H groups in total. The maximum atomic E-state index is 15.2. The fourth-order valence-electron chi connectivity index (χ4n) is 3.07. The van der Waals surface area contributed by atoms with Gasteiger partial charge in [-0.15, -0.1) is 0 Å². The molecule has 146 valence electrons. The molecule has 0 unspecified atom stereocenters. The van der Waals surface area contributed by atoms with E-state index in [4.69, 9.17) is 39.4 Å². The van der Waals surface area contributed by atoms with E-state index in [2.05, 4.69) is 0 Å². The minimum atomic E-state index is -0.520. The molecule has 0 heterocycles. The van der Waals surface area contributed by atoms with E-state index < -0.39 is 5.82 Å². The van der Waals surface area contributed by atoms with Crippen LogP contribution in [-0.2, 0) is 4.79 Å². The van der Waals surface area contributed by atoms with Crippen LogP contribution in [0.15, 0.2) is 30.3 Å². The van der Waals surface area contributed by atoms with E-state index in [1.807, 2.05) is 13.8 Å². The lowest BCUT2D eigenvalue weighted by molar-refractivity contribution is -0.118. The summed E-state index contributed by atoms with van der Waals surface area (Å²) in [5.41, 5.74) is 11.8. The summed E-state index contributed by atoms with van der Waals surface area (Å²) in [5, 5.41) is 0.469. The lowest BCUT2D eigenvalue weighted by Gasteiger charge is -2.21. The maximum absolute atomic E-state index is 15.2. The van der Waals surface area contributed by atoms with Gasteiger partial charge in [-0.1, -0.05) is 43.1 Å². The number of nitrogens with two attached hydrogens (primary N) is 2. The number of rotatable bonds is 8. The van der Waals surface area contributed by atoms with E-state index >= 15 is 4.39 Å². The van der Waals surface area contributed by atoms with Crippen molar-refractivity contribution in [3.05, 3.63) is 51.8 Å². The normalized spacial score (nSPS) is 13.2. The summed E-state index contributed by atoms with van der Waals surface area (Å²) in [6.07, 6.45) is 1.60. The van der Waals surface area contributed by atoms with Gasteiger partial charge in [0.15, 0.2) is 11.6 Å². The molecule has 0 aliphatic heterocycles. The van der Waals surface area contributed by atoms with Crippen LogP contribution in [0, 0.1) is 11.7 Å². The third-order valence-corrected chi connectivity index (χ3v) is 5.06. The number of halogens is 3. The molecule has 0 bridgehead atoms. The number of primary amides is 1. The zero-order valence-electron chi connectivity index (χ0n) is 15.3. The highest BCUT2D eigenvalue weighted by Crippen LogP contribution is 2.39. The first-order chi connectivity index (χ1) is 12.7. The Balaban J connectivity index is 2.32. The molecule has 27 heavy (non-hydrogen) atoms. The molecule has 2 rings (SSSR count). The number of carbonyl (C=O) groups is 1. The van der Waals surface area contributed by atoms with Crippen LogP contribution in [0.5, 0.6) is 11.5 Å². The lowest BCUT2D eigenvalue weighted by Crippen LogP contribution is -2.16. The Kier molecular flexibility index (Phi) is 7.33. The number of amides is 1. The second kappa shape index (κ2) is 9.29. The Labute approximate surface area is 168 Å². The van der Waals surface area contributed by atoms with Crippen LogP contribution in [0.4, 0.5) is 10.1 Å². The number of nitrogen functional groups attached to an aromatic ring is 1. The summed E-state index contributed by atoms with van der Waals surface area (Å²) in [7, 11) is 0. The molecule has 0 saturated carbocycles. The molecule has 0 aromatic heterocycles. The average Bonchev–Trinajstić information content (AvgIpc) is 2.59. The molecule has 0 aliphatic carbocycles. The van der Waals surface area contributed by atoms with Crippen LogP contribution in [0.1, 0.15) is 44.6 Å². The number of benzene rings is 2. The molecule has 0 fully saturated rings. The van der Waals surface area contributed by atoms with Gasteiger partial charge in [-0.05, 0) is 48.4 Å². The topological polar surface area (TPSA) is 78.3 Å². The zero-order chi connectivity index (χ0) is 20.1. The third kappa shape index (κ3) is 5.50. The molecular formula is C20H23Cl2FN2O2. The van der Waals surface area contributed by atoms with Gasteiger partial charge in [0.25, 0.3) is 0 Å². The van der Waals surface area contributed by atoms with Crippen molar-refractivity contribution in [1.29, 1.82) is 0 Å². The molecule has 2 aromatic carbocycles. The Bertz CT molecular complexity index is 830. The summed E-state index contributed by atoms with van der Waals surface area (Å²) < 4.78 is 20.8. The summed E-state index contributed by atoms with van der Waals surface area (Å²) in [5.74, 6) is -0.651. The lowest BCUT2D eigenvalue weighted by atomic mass is 9.86. The van der Waals surface area contributed by atoms with Gasteiger partial charge in [-0.3, -0.25) is 4.79 Å². The molecule has 7 heteroatoms. The first kappa shape index (κ1) is 21.3. The van der Waals surface area contributed by atoms with Gasteiger partial charge >= 0.3 is 0 Å². The van der Waals surface area contributed by atoms with Crippen LogP contribution < -0.4 is 16.2 Å². The third-order valence-electron chi connectivity index (χ3n) is 4.44. The van der Waals surface area contributed by atoms with Crippen LogP contribution >= 0.6 is 23.2 Å². The molecular weight excluding hydrogens is 390 g/mol. The van der Waals surface area contributed by atoms with Gasteiger partial charge in [0.05, 0.1) is 15.7 Å². The Morgan fingerprint density at radius 1 is 1.22 bits per heavy atom. The fourth-order valence-corrected chi connectivity index (χ4v) is 3.43. The van der Waals surface area contributed by atoms with E-state index in [1.54, 1.807) is 24.3 Å². The first-order valence-corrected chi connectivity index (χ1v) is 9.47. The van der Waals surface area contributed by atoms with E-state index in [0.717, 1.165) is 0 Å². The van der Waals surface area contributed by atoms with Gasteiger partial charge in [0.2, 0.25) is 5.91 Å². The summed E-state index contributed by atoms with van der Waals surface area (Å²) in [4.78, 5) is 11.1. The summed E-state index contributed by atoms with van der Waals surface area (Å²) >= 11 is 12.2. The monoisotopic (exact) mass is 412 g/mol. The predicted molar refractivity (Wildman–Crippen MR) is 108 cm³/mol. The van der Waals surface area contributed by atoms with E-state index in [1.165, 1.54) is 6.07 Å². The number of carbonyl (C=O) groups excluding carboxylic acids is 1. The molecule has 0 saturated heterocycles. The second-order valence-electron chi connectivity index (χ2n) is 6.68. The van der Waals surface area contributed by atoms with Crippen LogP contribution in [-0.4, -0.2) is 5.91 Å². The quantitative estimate of drug-likeness (QED) is 0.529. The Morgan fingerprint density at radius 3 is 2.52 bits per heavy atom. The maximum Gasteiger partial charge on any atom is 0.217 e. The number of anilines is 1. The van der Waals surface area contributed by atoms with Crippen LogP contribution in [0.25, 0.3) is 0 Å². The van der Waals surface area contributed by atoms with Crippen molar-refractivity contribution in [2.75, 3.05) is 5.73 Å². The molecule has 0 aliphatic rings. The van der Waals surface area contributed by atoms with Gasteiger partial charge in [-0.2, -0.15) is 0 Å². The molecule has 4 nitrogen and oxygen atoms in total. The van der Waals surface area contributed by atoms with Crippen molar-refractivity contribution in [1.82, 2.24) is 0 Å². The highest BCUT2D eigenvalue weighted by atomic mass is 35.5. The Morgan fingerprint density at radius 2 is 1.93 bits per heavy atom. The number of hydrogen-bond acceptors (Lipinski definition) is 3. The largest absolute Gasteiger partial charge is 0.453 e. The van der Waals surface area contributed by atoms with Crippen LogP contribution in [0.3, 0.4) is 0 Å². The smallest absolute Gasteiger partial charge is 0.217 e. The number of hydrogen-bond donors (Lipinski definition) is 2. The number of ether oxygens (including phenoxy) is 1. The second-order valence-corrected chi connectivity index (χ2v) is 7.50. The summed E-state index contributed by atoms with van der Waals surface area (Å²) in [6.45, 7) is 3.89. The van der Waals surface area contributed by atoms with Crippen LogP contribution in [0.2, 0.25) is 10.0 Å². The van der Waals surface area contributed by atoms with E-state index in [-0.39, 0.29) is 34.9 Å². The molecule has 0 radical (unpaired) electrons. The molecule has 1 amide bonds. The molecule has 2 aromatic rings. The van der Waals surface area contributed by atoms with Crippen molar-refractivity contribution in [2.45, 2.75) is 39.0 Å². The minimum absolute atomic E-state index is 0.0443. The van der Waals surface area contributed by atoms with E-state index in [0.29, 0.717) is 34.9 Å². The SMILES string of the molecule is CC[C@@H](C[C@H](C)CC(N)=O)c1ccc(Cl)c(Oc2ccc(N)c(Cl)c2)c1F. The average molecular weight is 413 g/mol. The zero-order valence-corrected chi connectivity index (χ0v) is 16.8. The highest BCUT2D eigenvalue weighted by molar-refractivity contribution is 6.33. The van der Waals surface area contributed by atoms with Crippen molar-refractivity contribution < 1.29 is 13.9 Å². The molecule has 2 atom stereocenters. The van der Waals surface area contributed by atoms with Crippen molar-refractivity contribution >= 4 is 34.8 Å². The van der Waals surface area contributed by atoms with Crippen molar-refractivity contribution in [3.63, 3.8) is 0 Å². The minimum Gasteiger partial charge on any atom is -0.453 e. The predicted octanol–water partition coefficient (Wildman–Crippen LogP) is 5.90. The van der Waals surface area contributed by atoms with Crippen molar-refractivity contribution in [3.8, 4) is 11.5 Å². The highest BCUT2D eigenvalue weighted by Gasteiger charge is 2.23. The van der Waals surface area contributed by atoms with Gasteiger partial charge < -0.3 is 16.2 Å². The molecule has 0 spiro atoms. The fraction of sp³-hybridized carbons (Fsp3) is 0.350. The Hall–Kier alpha value is -1.98. The van der Waals surface area contributed by atoms with Gasteiger partial charge in [-0.25, -0.2) is 4.39 Å². The first-order valence-electron chi connectivity index (χ1n) is 8.72. The van der Waals surface area contributed by atoms with Gasteiger partial charge in [0.1, 0.15) is 5.75 Å². The van der Waals surface area contributed by atoms with E-state index in [9.17, 15) is 4.79 Å². The van der Waals surface area contributed by atoms with Gasteiger partial charge in [0, 0.05) is 12.5 Å². The van der Waals surface area contributed by atoms with Crippen molar-refractivity contribution in [2.24, 2.45) is 11.7 Å².